The van der Waals surface area contributed by atoms with E-state index in [1.54, 1.807) is 0 Å². The van der Waals surface area contributed by atoms with Crippen molar-refractivity contribution >= 4 is 23.0 Å². The van der Waals surface area contributed by atoms with Gasteiger partial charge in [0.15, 0.2) is 0 Å². The van der Waals surface area contributed by atoms with Crippen LogP contribution in [0.1, 0.15) is 24.0 Å². The van der Waals surface area contributed by atoms with Gasteiger partial charge in [-0.25, -0.2) is 0 Å². The predicted octanol–water partition coefficient (Wildman–Crippen LogP) is 4.76. The Balaban J connectivity index is 1.80. The van der Waals surface area contributed by atoms with Gasteiger partial charge in [0.2, 0.25) is 0 Å². The van der Waals surface area contributed by atoms with Gasteiger partial charge >= 0.3 is 0 Å². The molecule has 0 saturated carbocycles. The summed E-state index contributed by atoms with van der Waals surface area (Å²) in [7, 11) is 2.23. The van der Waals surface area contributed by atoms with Crippen LogP contribution in [0.5, 0.6) is 0 Å². The molecule has 0 aliphatic carbocycles. The van der Waals surface area contributed by atoms with Crippen molar-refractivity contribution in [2.75, 3.05) is 31.6 Å². The Morgan fingerprint density at radius 2 is 1.65 bits per heavy atom. The number of nitrogens with zero attached hydrogens (tertiary/aromatic N) is 2. The SMILES string of the molecule is Cc1c(Cl)cccc1N1CC2(CCN(C)CC2)c2ccccc21. The van der Waals surface area contributed by atoms with Crippen LogP contribution in [0.2, 0.25) is 5.02 Å². The Morgan fingerprint density at radius 3 is 2.43 bits per heavy atom. The van der Waals surface area contributed by atoms with Gasteiger partial charge in [-0.15, -0.1) is 0 Å². The zero-order valence-corrected chi connectivity index (χ0v) is 14.6. The fraction of sp³-hybridized carbons (Fsp3) is 0.400. The number of hydrogen-bond acceptors (Lipinski definition) is 2. The summed E-state index contributed by atoms with van der Waals surface area (Å²) >= 11 is 6.38. The number of hydrogen-bond donors (Lipinski definition) is 0. The van der Waals surface area contributed by atoms with E-state index in [1.165, 1.54) is 48.4 Å². The van der Waals surface area contributed by atoms with Gasteiger partial charge in [0.05, 0.1) is 0 Å². The molecule has 3 heteroatoms. The number of likely N-dealkylation sites (tertiary alicyclic amines) is 1. The fourth-order valence-corrected chi connectivity index (χ4v) is 4.38. The lowest BCUT2D eigenvalue weighted by atomic mass is 9.74. The summed E-state index contributed by atoms with van der Waals surface area (Å²) < 4.78 is 0. The van der Waals surface area contributed by atoms with Crippen molar-refractivity contribution in [1.82, 2.24) is 4.90 Å². The topological polar surface area (TPSA) is 6.48 Å². The fourth-order valence-electron chi connectivity index (χ4n) is 4.21. The number of halogens is 1. The third-order valence-corrected chi connectivity index (χ3v) is 6.11. The van der Waals surface area contributed by atoms with Crippen LogP contribution in [0.25, 0.3) is 0 Å². The van der Waals surface area contributed by atoms with Crippen LogP contribution in [-0.4, -0.2) is 31.6 Å². The van der Waals surface area contributed by atoms with Gasteiger partial charge < -0.3 is 9.80 Å². The van der Waals surface area contributed by atoms with Gasteiger partial charge in [0.1, 0.15) is 0 Å². The van der Waals surface area contributed by atoms with E-state index < -0.39 is 0 Å². The summed E-state index contributed by atoms with van der Waals surface area (Å²) in [6, 6.07) is 15.2. The summed E-state index contributed by atoms with van der Waals surface area (Å²) in [6.45, 7) is 5.55. The predicted molar refractivity (Wildman–Crippen MR) is 98.0 cm³/mol. The third-order valence-electron chi connectivity index (χ3n) is 5.70. The highest BCUT2D eigenvalue weighted by molar-refractivity contribution is 6.31. The molecule has 2 heterocycles. The largest absolute Gasteiger partial charge is 0.340 e. The zero-order chi connectivity index (χ0) is 16.0. The van der Waals surface area contributed by atoms with E-state index in [-0.39, 0.29) is 5.41 Å². The van der Waals surface area contributed by atoms with Crippen molar-refractivity contribution in [1.29, 1.82) is 0 Å². The molecule has 1 fully saturated rings. The molecule has 120 valence electrons. The molecule has 0 radical (unpaired) electrons. The Bertz CT molecular complexity index is 732. The van der Waals surface area contributed by atoms with E-state index in [0.717, 1.165) is 11.6 Å². The summed E-state index contributed by atoms with van der Waals surface area (Å²) in [5.74, 6) is 0. The molecule has 2 aromatic carbocycles. The lowest BCUT2D eigenvalue weighted by Gasteiger charge is -2.38. The first-order chi connectivity index (χ1) is 11.1. The minimum absolute atomic E-state index is 0.290. The zero-order valence-electron chi connectivity index (χ0n) is 13.8. The molecule has 0 bridgehead atoms. The van der Waals surface area contributed by atoms with Gasteiger partial charge in [0, 0.05) is 28.4 Å². The summed E-state index contributed by atoms with van der Waals surface area (Å²) in [5.41, 5.74) is 5.60. The molecule has 1 spiro atoms. The molecule has 1 saturated heterocycles. The molecule has 2 nitrogen and oxygen atoms in total. The van der Waals surface area contributed by atoms with Gasteiger partial charge in [-0.1, -0.05) is 35.9 Å². The maximum absolute atomic E-state index is 6.38. The Hall–Kier alpha value is -1.51. The number of piperidine rings is 1. The number of rotatable bonds is 1. The minimum Gasteiger partial charge on any atom is -0.340 e. The normalized spacial score (nSPS) is 20.0. The lowest BCUT2D eigenvalue weighted by Crippen LogP contribution is -2.43. The van der Waals surface area contributed by atoms with Crippen molar-refractivity contribution in [3.05, 3.63) is 58.6 Å². The number of anilines is 2. The first kappa shape index (κ1) is 15.0. The van der Waals surface area contributed by atoms with Crippen molar-refractivity contribution in [3.8, 4) is 0 Å². The van der Waals surface area contributed by atoms with Crippen molar-refractivity contribution < 1.29 is 0 Å². The van der Waals surface area contributed by atoms with E-state index in [1.807, 2.05) is 6.07 Å². The van der Waals surface area contributed by atoms with Crippen LogP contribution >= 0.6 is 11.6 Å². The van der Waals surface area contributed by atoms with Gasteiger partial charge in [0.25, 0.3) is 0 Å². The summed E-state index contributed by atoms with van der Waals surface area (Å²) in [6.07, 6.45) is 2.47. The second-order valence-corrected chi connectivity index (χ2v) is 7.48. The molecule has 0 N–H and O–H groups in total. The molecule has 0 amide bonds. The Morgan fingerprint density at radius 1 is 0.957 bits per heavy atom. The maximum atomic E-state index is 6.38. The van der Waals surface area contributed by atoms with E-state index >= 15 is 0 Å². The molecular weight excluding hydrogens is 304 g/mol. The van der Waals surface area contributed by atoms with E-state index in [2.05, 4.69) is 60.2 Å². The van der Waals surface area contributed by atoms with E-state index in [0.29, 0.717) is 0 Å². The Kier molecular flexibility index (Phi) is 3.62. The summed E-state index contributed by atoms with van der Waals surface area (Å²) in [4.78, 5) is 4.93. The highest BCUT2D eigenvalue weighted by Gasteiger charge is 2.44. The van der Waals surface area contributed by atoms with Crippen LogP contribution in [0.4, 0.5) is 11.4 Å². The average Bonchev–Trinajstić information content (AvgIpc) is 2.88. The molecule has 2 aliphatic heterocycles. The average molecular weight is 327 g/mol. The number of benzene rings is 2. The lowest BCUT2D eigenvalue weighted by molar-refractivity contribution is 0.198. The van der Waals surface area contributed by atoms with E-state index in [4.69, 9.17) is 11.6 Å². The third kappa shape index (κ3) is 2.36. The monoisotopic (exact) mass is 326 g/mol. The Labute approximate surface area is 143 Å². The second-order valence-electron chi connectivity index (χ2n) is 7.07. The molecular formula is C20H23ClN2. The van der Waals surface area contributed by atoms with Crippen LogP contribution in [-0.2, 0) is 5.41 Å². The van der Waals surface area contributed by atoms with Crippen molar-refractivity contribution in [3.63, 3.8) is 0 Å². The second kappa shape index (κ2) is 5.54. The standard InChI is InChI=1S/C20H23ClN2/c1-15-17(21)7-5-9-18(15)23-14-20(10-12-22(2)13-11-20)16-6-3-4-8-19(16)23/h3-9H,10-14H2,1-2H3. The van der Waals surface area contributed by atoms with Crippen molar-refractivity contribution in [2.24, 2.45) is 0 Å². The number of para-hydroxylation sites is 1. The molecule has 2 aromatic rings. The first-order valence-corrected chi connectivity index (χ1v) is 8.79. The van der Waals surface area contributed by atoms with Gasteiger partial charge in [-0.3, -0.25) is 0 Å². The quantitative estimate of drug-likeness (QED) is 0.745. The maximum Gasteiger partial charge on any atom is 0.0455 e. The minimum atomic E-state index is 0.290. The number of fused-ring (bicyclic) bond motifs is 2. The molecule has 4 rings (SSSR count). The van der Waals surface area contributed by atoms with Gasteiger partial charge in [-0.2, -0.15) is 0 Å². The van der Waals surface area contributed by atoms with E-state index in [9.17, 15) is 0 Å². The molecule has 0 atom stereocenters. The first-order valence-electron chi connectivity index (χ1n) is 8.41. The molecule has 0 unspecified atom stereocenters. The van der Waals surface area contributed by atoms with Crippen LogP contribution < -0.4 is 4.90 Å². The summed E-state index contributed by atoms with van der Waals surface area (Å²) in [5, 5.41) is 0.851. The highest BCUT2D eigenvalue weighted by atomic mass is 35.5. The molecule has 23 heavy (non-hydrogen) atoms. The highest BCUT2D eigenvalue weighted by Crippen LogP contribution is 2.50. The van der Waals surface area contributed by atoms with Crippen molar-refractivity contribution in [2.45, 2.75) is 25.2 Å². The van der Waals surface area contributed by atoms with Gasteiger partial charge in [-0.05, 0) is 69.2 Å². The van der Waals surface area contributed by atoms with Crippen LogP contribution in [0.15, 0.2) is 42.5 Å². The van der Waals surface area contributed by atoms with Crippen LogP contribution in [0, 0.1) is 6.92 Å². The molecule has 0 aromatic heterocycles. The smallest absolute Gasteiger partial charge is 0.0455 e. The van der Waals surface area contributed by atoms with Crippen LogP contribution in [0.3, 0.4) is 0 Å². The molecule has 2 aliphatic rings.